The SMILES string of the molecule is C[C@@H]1C[C@H](C)CN(C(=O)[C@H]2CCC(=O)N(C)[C@@H]2c2ccccc2F)C1. The van der Waals surface area contributed by atoms with Crippen LogP contribution in [0.2, 0.25) is 0 Å². The highest BCUT2D eigenvalue weighted by atomic mass is 19.1. The van der Waals surface area contributed by atoms with Crippen LogP contribution in [0.1, 0.15) is 44.7 Å². The molecule has 0 radical (unpaired) electrons. The van der Waals surface area contributed by atoms with Crippen LogP contribution in [0, 0.1) is 23.6 Å². The number of piperidine rings is 2. The zero-order valence-corrected chi connectivity index (χ0v) is 15.2. The van der Waals surface area contributed by atoms with E-state index in [-0.39, 0.29) is 23.5 Å². The Balaban J connectivity index is 1.91. The van der Waals surface area contributed by atoms with Crippen LogP contribution < -0.4 is 0 Å². The van der Waals surface area contributed by atoms with Gasteiger partial charge in [0.05, 0.1) is 12.0 Å². The van der Waals surface area contributed by atoms with E-state index >= 15 is 0 Å². The Morgan fingerprint density at radius 2 is 1.80 bits per heavy atom. The van der Waals surface area contributed by atoms with E-state index in [0.29, 0.717) is 30.2 Å². The predicted octanol–water partition coefficient (Wildman–Crippen LogP) is 3.24. The van der Waals surface area contributed by atoms with Crippen LogP contribution in [0.4, 0.5) is 4.39 Å². The van der Waals surface area contributed by atoms with Crippen LogP contribution >= 0.6 is 0 Å². The maximum absolute atomic E-state index is 14.4. The molecule has 1 aromatic carbocycles. The van der Waals surface area contributed by atoms with E-state index in [1.54, 1.807) is 30.1 Å². The molecule has 2 saturated heterocycles. The fourth-order valence-corrected chi connectivity index (χ4v) is 4.51. The Morgan fingerprint density at radius 1 is 1.16 bits per heavy atom. The molecule has 2 aliphatic heterocycles. The summed E-state index contributed by atoms with van der Waals surface area (Å²) in [4.78, 5) is 29.0. The number of carbonyl (C=O) groups excluding carboxylic acids is 2. The van der Waals surface area contributed by atoms with Crippen molar-refractivity contribution in [1.29, 1.82) is 0 Å². The van der Waals surface area contributed by atoms with E-state index in [4.69, 9.17) is 0 Å². The number of hydrogen-bond donors (Lipinski definition) is 0. The number of likely N-dealkylation sites (tertiary alicyclic amines) is 2. The highest BCUT2D eigenvalue weighted by Crippen LogP contribution is 2.38. The number of halogens is 1. The van der Waals surface area contributed by atoms with Gasteiger partial charge in [-0.2, -0.15) is 0 Å². The van der Waals surface area contributed by atoms with E-state index in [9.17, 15) is 14.0 Å². The molecular weight excluding hydrogens is 319 g/mol. The van der Waals surface area contributed by atoms with E-state index in [1.165, 1.54) is 6.07 Å². The maximum Gasteiger partial charge on any atom is 0.228 e. The topological polar surface area (TPSA) is 40.6 Å². The van der Waals surface area contributed by atoms with Crippen molar-refractivity contribution in [1.82, 2.24) is 9.80 Å². The van der Waals surface area contributed by atoms with Crippen LogP contribution in [0.5, 0.6) is 0 Å². The lowest BCUT2D eigenvalue weighted by Crippen LogP contribution is -2.51. The van der Waals surface area contributed by atoms with Gasteiger partial charge < -0.3 is 9.80 Å². The van der Waals surface area contributed by atoms with Crippen LogP contribution in [0.15, 0.2) is 24.3 Å². The van der Waals surface area contributed by atoms with Crippen molar-refractivity contribution in [3.63, 3.8) is 0 Å². The van der Waals surface area contributed by atoms with Crippen molar-refractivity contribution < 1.29 is 14.0 Å². The molecule has 0 saturated carbocycles. The van der Waals surface area contributed by atoms with Gasteiger partial charge in [0.1, 0.15) is 5.82 Å². The zero-order chi connectivity index (χ0) is 18.1. The molecule has 1 aromatic rings. The number of hydrogen-bond acceptors (Lipinski definition) is 2. The maximum atomic E-state index is 14.4. The van der Waals surface area contributed by atoms with Crippen LogP contribution in [0.3, 0.4) is 0 Å². The molecule has 2 heterocycles. The van der Waals surface area contributed by atoms with Gasteiger partial charge in [-0.05, 0) is 30.7 Å². The standard InChI is InChI=1S/C20H27FN2O2/c1-13-10-14(2)12-23(11-13)20(25)16-8-9-18(24)22(3)19(16)15-6-4-5-7-17(15)21/h4-7,13-14,16,19H,8-12H2,1-3H3/t13-,14+,16-,19+/m0/s1. The van der Waals surface area contributed by atoms with Gasteiger partial charge in [0.2, 0.25) is 11.8 Å². The summed E-state index contributed by atoms with van der Waals surface area (Å²) in [6.45, 7) is 5.84. The van der Waals surface area contributed by atoms with Crippen LogP contribution in [0.25, 0.3) is 0 Å². The Bertz CT molecular complexity index is 653. The monoisotopic (exact) mass is 346 g/mol. The zero-order valence-electron chi connectivity index (χ0n) is 15.2. The summed E-state index contributed by atoms with van der Waals surface area (Å²) in [6, 6.07) is 5.96. The molecule has 2 amide bonds. The third-order valence-electron chi connectivity index (χ3n) is 5.58. The van der Waals surface area contributed by atoms with E-state index < -0.39 is 6.04 Å². The lowest BCUT2D eigenvalue weighted by Gasteiger charge is -2.43. The second-order valence-corrected chi connectivity index (χ2v) is 7.81. The Hall–Kier alpha value is -1.91. The van der Waals surface area contributed by atoms with Gasteiger partial charge in [-0.3, -0.25) is 9.59 Å². The van der Waals surface area contributed by atoms with Gasteiger partial charge in [-0.25, -0.2) is 4.39 Å². The first-order valence-electron chi connectivity index (χ1n) is 9.17. The van der Waals surface area contributed by atoms with Crippen molar-refractivity contribution in [3.8, 4) is 0 Å². The molecular formula is C20H27FN2O2. The Labute approximate surface area is 149 Å². The van der Waals surface area contributed by atoms with Crippen molar-refractivity contribution in [3.05, 3.63) is 35.6 Å². The number of rotatable bonds is 2. The van der Waals surface area contributed by atoms with Gasteiger partial charge in [0, 0.05) is 32.1 Å². The second-order valence-electron chi connectivity index (χ2n) is 7.81. The molecule has 0 aromatic heterocycles. The number of benzene rings is 1. The molecule has 2 aliphatic rings. The normalized spacial score (nSPS) is 30.5. The van der Waals surface area contributed by atoms with Gasteiger partial charge in [0.25, 0.3) is 0 Å². The number of amides is 2. The van der Waals surface area contributed by atoms with Crippen molar-refractivity contribution in [2.75, 3.05) is 20.1 Å². The van der Waals surface area contributed by atoms with Gasteiger partial charge in [-0.15, -0.1) is 0 Å². The minimum Gasteiger partial charge on any atom is -0.342 e. The Morgan fingerprint density at radius 3 is 2.44 bits per heavy atom. The highest BCUT2D eigenvalue weighted by molar-refractivity contribution is 5.85. The minimum absolute atomic E-state index is 0.0299. The number of carbonyl (C=O) groups is 2. The molecule has 4 nitrogen and oxygen atoms in total. The fraction of sp³-hybridized carbons (Fsp3) is 0.600. The first kappa shape index (κ1) is 17.9. The lowest BCUT2D eigenvalue weighted by molar-refractivity contribution is -0.148. The second kappa shape index (κ2) is 7.14. The molecule has 4 atom stereocenters. The van der Waals surface area contributed by atoms with E-state index in [0.717, 1.165) is 19.5 Å². The van der Waals surface area contributed by atoms with E-state index in [1.807, 2.05) is 4.90 Å². The lowest BCUT2D eigenvalue weighted by atomic mass is 9.82. The molecule has 0 unspecified atom stereocenters. The third kappa shape index (κ3) is 3.55. The first-order chi connectivity index (χ1) is 11.9. The van der Waals surface area contributed by atoms with Crippen LogP contribution in [-0.2, 0) is 9.59 Å². The molecule has 0 spiro atoms. The smallest absolute Gasteiger partial charge is 0.228 e. The van der Waals surface area contributed by atoms with Crippen molar-refractivity contribution in [2.45, 2.75) is 39.2 Å². The van der Waals surface area contributed by atoms with Crippen LogP contribution in [-0.4, -0.2) is 41.8 Å². The number of nitrogens with zero attached hydrogens (tertiary/aromatic N) is 2. The van der Waals surface area contributed by atoms with Crippen molar-refractivity contribution >= 4 is 11.8 Å². The highest BCUT2D eigenvalue weighted by Gasteiger charge is 2.42. The summed E-state index contributed by atoms with van der Waals surface area (Å²) >= 11 is 0. The molecule has 0 bridgehead atoms. The fourth-order valence-electron chi connectivity index (χ4n) is 4.51. The largest absolute Gasteiger partial charge is 0.342 e. The summed E-state index contributed by atoms with van der Waals surface area (Å²) in [5.74, 6) is 0.248. The third-order valence-corrected chi connectivity index (χ3v) is 5.58. The average Bonchev–Trinajstić information content (AvgIpc) is 2.56. The summed E-state index contributed by atoms with van der Waals surface area (Å²) in [5.41, 5.74) is 0.439. The first-order valence-corrected chi connectivity index (χ1v) is 9.17. The average molecular weight is 346 g/mol. The molecule has 25 heavy (non-hydrogen) atoms. The van der Waals surface area contributed by atoms with Gasteiger partial charge in [-0.1, -0.05) is 32.0 Å². The molecule has 0 aliphatic carbocycles. The molecule has 0 N–H and O–H groups in total. The van der Waals surface area contributed by atoms with Gasteiger partial charge in [0.15, 0.2) is 0 Å². The van der Waals surface area contributed by atoms with E-state index in [2.05, 4.69) is 13.8 Å². The van der Waals surface area contributed by atoms with Gasteiger partial charge >= 0.3 is 0 Å². The summed E-state index contributed by atoms with van der Waals surface area (Å²) in [6.07, 6.45) is 1.96. The summed E-state index contributed by atoms with van der Waals surface area (Å²) in [5, 5.41) is 0. The molecule has 3 rings (SSSR count). The molecule has 136 valence electrons. The molecule has 2 fully saturated rings. The van der Waals surface area contributed by atoms with Crippen molar-refractivity contribution in [2.24, 2.45) is 17.8 Å². The Kier molecular flexibility index (Phi) is 5.11. The molecule has 5 heteroatoms. The quantitative estimate of drug-likeness (QED) is 0.825. The summed E-state index contributed by atoms with van der Waals surface area (Å²) in [7, 11) is 1.68. The predicted molar refractivity (Wildman–Crippen MR) is 94.2 cm³/mol. The summed E-state index contributed by atoms with van der Waals surface area (Å²) < 4.78 is 14.4. The minimum atomic E-state index is -0.525.